The highest BCUT2D eigenvalue weighted by Gasteiger charge is 2.25. The first kappa shape index (κ1) is 13.9. The molecule has 16 heavy (non-hydrogen) atoms. The summed E-state index contributed by atoms with van der Waals surface area (Å²) in [5, 5.41) is 9.16. The second-order valence-corrected chi connectivity index (χ2v) is 8.13. The molecule has 0 spiro atoms. The van der Waals surface area contributed by atoms with Gasteiger partial charge in [-0.05, 0) is 12.1 Å². The smallest absolute Gasteiger partial charge is 0.265 e. The highest BCUT2D eigenvalue weighted by atomic mass is 35.7. The van der Waals surface area contributed by atoms with Gasteiger partial charge in [0.2, 0.25) is 0 Å². The Kier molecular flexibility index (Phi) is 3.66. The van der Waals surface area contributed by atoms with Crippen LogP contribution < -0.4 is 0 Å². The second kappa shape index (κ2) is 4.23. The molecule has 0 unspecified atom stereocenters. The number of rotatable bonds is 2. The van der Waals surface area contributed by atoms with Crippen molar-refractivity contribution in [3.05, 3.63) is 17.2 Å². The van der Waals surface area contributed by atoms with Crippen LogP contribution in [0.4, 0.5) is 0 Å². The SMILES string of the molecule is O=S(=O)(Cl)c1cc(Cl)cc(S(=O)(=O)Cl)c1O. The van der Waals surface area contributed by atoms with Gasteiger partial charge in [-0.3, -0.25) is 0 Å². The molecule has 1 rings (SSSR count). The molecule has 1 aromatic rings. The van der Waals surface area contributed by atoms with E-state index in [9.17, 15) is 21.9 Å². The third-order valence-corrected chi connectivity index (χ3v) is 4.42. The monoisotopic (exact) mass is 324 g/mol. The van der Waals surface area contributed by atoms with Crippen LogP contribution in [0.1, 0.15) is 0 Å². The van der Waals surface area contributed by atoms with Crippen LogP contribution in [0, 0.1) is 0 Å². The van der Waals surface area contributed by atoms with Crippen molar-refractivity contribution < 1.29 is 21.9 Å². The van der Waals surface area contributed by atoms with Gasteiger partial charge in [-0.1, -0.05) is 11.6 Å². The predicted octanol–water partition coefficient (Wildman–Crippen LogP) is 1.90. The lowest BCUT2D eigenvalue weighted by molar-refractivity contribution is 0.444. The molecular weight excluding hydrogens is 323 g/mol. The van der Waals surface area contributed by atoms with Crippen LogP contribution in [0.3, 0.4) is 0 Å². The molecule has 0 aliphatic rings. The molecule has 0 radical (unpaired) electrons. The van der Waals surface area contributed by atoms with E-state index in [0.717, 1.165) is 12.1 Å². The van der Waals surface area contributed by atoms with Crippen LogP contribution in [-0.4, -0.2) is 21.9 Å². The van der Waals surface area contributed by atoms with Crippen LogP contribution in [-0.2, 0) is 18.1 Å². The molecule has 90 valence electrons. The summed E-state index contributed by atoms with van der Waals surface area (Å²) in [4.78, 5) is -1.64. The maximum Gasteiger partial charge on any atom is 0.265 e. The average molecular weight is 326 g/mol. The van der Waals surface area contributed by atoms with Gasteiger partial charge in [0.15, 0.2) is 5.75 Å². The van der Waals surface area contributed by atoms with Gasteiger partial charge < -0.3 is 5.11 Å². The van der Waals surface area contributed by atoms with Crippen LogP contribution in [0.25, 0.3) is 0 Å². The van der Waals surface area contributed by atoms with Crippen molar-refractivity contribution in [2.75, 3.05) is 0 Å². The van der Waals surface area contributed by atoms with Crippen LogP contribution in [0.5, 0.6) is 5.75 Å². The molecule has 0 bridgehead atoms. The molecule has 10 heteroatoms. The van der Waals surface area contributed by atoms with Gasteiger partial charge in [-0.15, -0.1) is 0 Å². The number of aromatic hydroxyl groups is 1. The molecular formula is C6H3Cl3O5S2. The molecule has 0 fully saturated rings. The Morgan fingerprint density at radius 3 is 1.50 bits per heavy atom. The fraction of sp³-hybridized carbons (Fsp3) is 0. The Balaban J connectivity index is 3.78. The van der Waals surface area contributed by atoms with E-state index in [2.05, 4.69) is 0 Å². The van der Waals surface area contributed by atoms with E-state index >= 15 is 0 Å². The number of benzene rings is 1. The van der Waals surface area contributed by atoms with E-state index < -0.39 is 33.6 Å². The molecule has 0 heterocycles. The van der Waals surface area contributed by atoms with Crippen LogP contribution >= 0.6 is 33.0 Å². The van der Waals surface area contributed by atoms with E-state index in [1.807, 2.05) is 0 Å². The highest BCUT2D eigenvalue weighted by molar-refractivity contribution is 8.14. The van der Waals surface area contributed by atoms with E-state index in [1.54, 1.807) is 0 Å². The van der Waals surface area contributed by atoms with Gasteiger partial charge in [-0.2, -0.15) is 0 Å². The first-order chi connectivity index (χ1) is 7.03. The first-order valence-corrected chi connectivity index (χ1v) is 8.45. The Morgan fingerprint density at radius 2 is 1.25 bits per heavy atom. The van der Waals surface area contributed by atoms with E-state index in [4.69, 9.17) is 33.0 Å². The standard InChI is InChI=1S/C6H3Cl3O5S2/c7-3-1-4(15(8,11)12)6(10)5(2-3)16(9,13)14/h1-2,10H. The zero-order valence-electron chi connectivity index (χ0n) is 7.19. The minimum atomic E-state index is -4.32. The molecule has 1 aromatic carbocycles. The number of phenolic OH excluding ortho intramolecular Hbond substituents is 1. The summed E-state index contributed by atoms with van der Waals surface area (Å²) in [6, 6.07) is 1.62. The molecule has 0 aliphatic carbocycles. The second-order valence-electron chi connectivity index (χ2n) is 2.63. The average Bonchev–Trinajstić information content (AvgIpc) is 2.04. The summed E-state index contributed by atoms with van der Waals surface area (Å²) in [6.07, 6.45) is 0. The number of hydrogen-bond acceptors (Lipinski definition) is 5. The zero-order valence-corrected chi connectivity index (χ0v) is 11.1. The van der Waals surface area contributed by atoms with Crippen molar-refractivity contribution in [3.8, 4) is 5.75 Å². The Morgan fingerprint density at radius 1 is 0.938 bits per heavy atom. The minimum Gasteiger partial charge on any atom is -0.505 e. The lowest BCUT2D eigenvalue weighted by Gasteiger charge is -2.05. The number of hydrogen-bond donors (Lipinski definition) is 1. The Bertz CT molecular complexity index is 581. The largest absolute Gasteiger partial charge is 0.505 e. The zero-order chi connectivity index (χ0) is 12.7. The van der Waals surface area contributed by atoms with E-state index in [1.165, 1.54) is 0 Å². The fourth-order valence-electron chi connectivity index (χ4n) is 0.922. The lowest BCUT2D eigenvalue weighted by Crippen LogP contribution is -1.98. The molecule has 1 N–H and O–H groups in total. The van der Waals surface area contributed by atoms with Gasteiger partial charge in [0.1, 0.15) is 9.79 Å². The number of halogens is 3. The topological polar surface area (TPSA) is 88.5 Å². The summed E-state index contributed by atoms with van der Waals surface area (Å²) >= 11 is 5.48. The van der Waals surface area contributed by atoms with Crippen molar-refractivity contribution in [3.63, 3.8) is 0 Å². The van der Waals surface area contributed by atoms with Crippen molar-refractivity contribution >= 4 is 51.1 Å². The van der Waals surface area contributed by atoms with E-state index in [-0.39, 0.29) is 5.02 Å². The molecule has 0 atom stereocenters. The maximum atomic E-state index is 11.0. The fourth-order valence-corrected chi connectivity index (χ4v) is 3.26. The quantitative estimate of drug-likeness (QED) is 0.839. The molecule has 0 aliphatic heterocycles. The predicted molar refractivity (Wildman–Crippen MR) is 59.2 cm³/mol. The third kappa shape index (κ3) is 2.92. The van der Waals surface area contributed by atoms with Gasteiger partial charge in [-0.25, -0.2) is 16.8 Å². The third-order valence-electron chi connectivity index (χ3n) is 1.53. The van der Waals surface area contributed by atoms with Crippen LogP contribution in [0.2, 0.25) is 5.02 Å². The molecule has 5 nitrogen and oxygen atoms in total. The van der Waals surface area contributed by atoms with Crippen molar-refractivity contribution in [1.29, 1.82) is 0 Å². The minimum absolute atomic E-state index is 0.240. The van der Waals surface area contributed by atoms with Crippen molar-refractivity contribution in [1.82, 2.24) is 0 Å². The first-order valence-electron chi connectivity index (χ1n) is 3.45. The lowest BCUT2D eigenvalue weighted by atomic mass is 10.3. The number of phenols is 1. The summed E-state index contributed by atoms with van der Waals surface area (Å²) in [5.41, 5.74) is 0. The van der Waals surface area contributed by atoms with Gasteiger partial charge in [0.25, 0.3) is 18.1 Å². The summed E-state index contributed by atoms with van der Waals surface area (Å²) < 4.78 is 44.0. The Labute approximate surface area is 105 Å². The van der Waals surface area contributed by atoms with E-state index in [0.29, 0.717) is 0 Å². The van der Waals surface area contributed by atoms with Gasteiger partial charge >= 0.3 is 0 Å². The van der Waals surface area contributed by atoms with Crippen molar-refractivity contribution in [2.45, 2.75) is 9.79 Å². The molecule has 0 amide bonds. The van der Waals surface area contributed by atoms with Gasteiger partial charge in [0.05, 0.1) is 0 Å². The summed E-state index contributed by atoms with van der Waals surface area (Å²) in [5.74, 6) is -1.06. The normalized spacial score (nSPS) is 12.7. The summed E-state index contributed by atoms with van der Waals surface area (Å²) in [7, 11) is 1.30. The van der Waals surface area contributed by atoms with Crippen LogP contribution in [0.15, 0.2) is 21.9 Å². The Hall–Kier alpha value is -0.210. The highest BCUT2D eigenvalue weighted by Crippen LogP contribution is 2.36. The molecule has 0 aromatic heterocycles. The van der Waals surface area contributed by atoms with Gasteiger partial charge in [0, 0.05) is 26.4 Å². The molecule has 0 saturated carbocycles. The van der Waals surface area contributed by atoms with Crippen molar-refractivity contribution in [2.24, 2.45) is 0 Å². The maximum absolute atomic E-state index is 11.0. The summed E-state index contributed by atoms with van der Waals surface area (Å²) in [6.45, 7) is 0. The molecule has 0 saturated heterocycles.